The van der Waals surface area contributed by atoms with Crippen LogP contribution < -0.4 is 5.32 Å². The second kappa shape index (κ2) is 6.71. The molecule has 0 aromatic heterocycles. The van der Waals surface area contributed by atoms with Gasteiger partial charge in [0.05, 0.1) is 0 Å². The molecule has 0 spiro atoms. The molecular formula is C19H25N. The molecular weight excluding hydrogens is 242 g/mol. The van der Waals surface area contributed by atoms with Crippen LogP contribution in [0.5, 0.6) is 0 Å². The highest BCUT2D eigenvalue weighted by Gasteiger charge is 2.08. The second-order valence-electron chi connectivity index (χ2n) is 5.67. The van der Waals surface area contributed by atoms with Crippen LogP contribution >= 0.6 is 0 Å². The highest BCUT2D eigenvalue weighted by molar-refractivity contribution is 5.30. The Hall–Kier alpha value is -1.60. The Morgan fingerprint density at radius 3 is 2.20 bits per heavy atom. The van der Waals surface area contributed by atoms with Gasteiger partial charge in [0.15, 0.2) is 0 Å². The fourth-order valence-corrected chi connectivity index (χ4v) is 2.45. The van der Waals surface area contributed by atoms with Crippen LogP contribution in [0.3, 0.4) is 0 Å². The lowest BCUT2D eigenvalue weighted by molar-refractivity contribution is 0.519. The van der Waals surface area contributed by atoms with Gasteiger partial charge >= 0.3 is 0 Å². The molecule has 20 heavy (non-hydrogen) atoms. The summed E-state index contributed by atoms with van der Waals surface area (Å²) in [5.41, 5.74) is 6.78. The van der Waals surface area contributed by atoms with Gasteiger partial charge in [-0.2, -0.15) is 0 Å². The molecule has 1 heteroatoms. The van der Waals surface area contributed by atoms with Gasteiger partial charge in [-0.1, -0.05) is 55.0 Å². The van der Waals surface area contributed by atoms with Crippen molar-refractivity contribution < 1.29 is 0 Å². The molecule has 1 atom stereocenters. The first-order valence-electron chi connectivity index (χ1n) is 7.46. The smallest absolute Gasteiger partial charge is 0.0320 e. The summed E-state index contributed by atoms with van der Waals surface area (Å²) in [6, 6.07) is 16.0. The number of nitrogens with one attached hydrogen (secondary N) is 1. The van der Waals surface area contributed by atoms with Crippen molar-refractivity contribution in [2.45, 2.75) is 46.7 Å². The number of hydrogen-bond acceptors (Lipinski definition) is 1. The summed E-state index contributed by atoms with van der Waals surface area (Å²) in [5, 5.41) is 3.67. The van der Waals surface area contributed by atoms with E-state index in [-0.39, 0.29) is 0 Å². The van der Waals surface area contributed by atoms with E-state index in [1.54, 1.807) is 0 Å². The number of rotatable bonds is 5. The molecule has 1 unspecified atom stereocenters. The average molecular weight is 267 g/mol. The zero-order valence-corrected chi connectivity index (χ0v) is 13.0. The number of hydrogen-bond donors (Lipinski definition) is 1. The number of benzene rings is 2. The maximum absolute atomic E-state index is 3.67. The topological polar surface area (TPSA) is 12.0 Å². The van der Waals surface area contributed by atoms with E-state index >= 15 is 0 Å². The third-order valence-corrected chi connectivity index (χ3v) is 4.01. The molecule has 106 valence electrons. The van der Waals surface area contributed by atoms with Gasteiger partial charge in [0.1, 0.15) is 0 Å². The molecule has 0 heterocycles. The summed E-state index contributed by atoms with van der Waals surface area (Å²) in [6.07, 6.45) is 1.11. The van der Waals surface area contributed by atoms with E-state index in [0.29, 0.717) is 6.04 Å². The largest absolute Gasteiger partial charge is 0.306 e. The van der Waals surface area contributed by atoms with Crippen molar-refractivity contribution in [1.82, 2.24) is 5.32 Å². The SMILES string of the molecule is CCC(NCc1ccc(C)c(C)c1)c1ccc(C)cc1. The van der Waals surface area contributed by atoms with Gasteiger partial charge in [-0.05, 0) is 49.4 Å². The fraction of sp³-hybridized carbons (Fsp3) is 0.368. The van der Waals surface area contributed by atoms with Crippen LogP contribution in [0, 0.1) is 20.8 Å². The lowest BCUT2D eigenvalue weighted by atomic mass is 10.0. The average Bonchev–Trinajstić information content (AvgIpc) is 2.45. The van der Waals surface area contributed by atoms with E-state index in [1.165, 1.54) is 27.8 Å². The van der Waals surface area contributed by atoms with Crippen molar-refractivity contribution in [2.75, 3.05) is 0 Å². The van der Waals surface area contributed by atoms with Gasteiger partial charge in [0.25, 0.3) is 0 Å². The van der Waals surface area contributed by atoms with Crippen molar-refractivity contribution in [2.24, 2.45) is 0 Å². The van der Waals surface area contributed by atoms with Gasteiger partial charge in [0, 0.05) is 12.6 Å². The van der Waals surface area contributed by atoms with Gasteiger partial charge < -0.3 is 5.32 Å². The summed E-state index contributed by atoms with van der Waals surface area (Å²) in [4.78, 5) is 0. The van der Waals surface area contributed by atoms with Crippen LogP contribution in [0.2, 0.25) is 0 Å². The summed E-state index contributed by atoms with van der Waals surface area (Å²) in [5.74, 6) is 0. The summed E-state index contributed by atoms with van der Waals surface area (Å²) < 4.78 is 0. The highest BCUT2D eigenvalue weighted by Crippen LogP contribution is 2.18. The Balaban J connectivity index is 2.03. The molecule has 0 saturated heterocycles. The van der Waals surface area contributed by atoms with Crippen LogP contribution in [0.15, 0.2) is 42.5 Å². The lowest BCUT2D eigenvalue weighted by Crippen LogP contribution is -2.20. The molecule has 2 aromatic carbocycles. The summed E-state index contributed by atoms with van der Waals surface area (Å²) in [6.45, 7) is 9.63. The quantitative estimate of drug-likeness (QED) is 0.816. The Morgan fingerprint density at radius 2 is 1.60 bits per heavy atom. The molecule has 0 aliphatic rings. The van der Waals surface area contributed by atoms with E-state index < -0.39 is 0 Å². The van der Waals surface area contributed by atoms with E-state index in [0.717, 1.165) is 13.0 Å². The van der Waals surface area contributed by atoms with Crippen molar-refractivity contribution in [3.8, 4) is 0 Å². The second-order valence-corrected chi connectivity index (χ2v) is 5.67. The van der Waals surface area contributed by atoms with Crippen molar-refractivity contribution in [3.05, 3.63) is 70.3 Å². The minimum Gasteiger partial charge on any atom is -0.306 e. The number of aryl methyl sites for hydroxylation is 3. The molecule has 0 bridgehead atoms. The summed E-state index contributed by atoms with van der Waals surface area (Å²) in [7, 11) is 0. The minimum absolute atomic E-state index is 0.428. The van der Waals surface area contributed by atoms with Gasteiger partial charge in [0.2, 0.25) is 0 Å². The maximum atomic E-state index is 3.67. The van der Waals surface area contributed by atoms with Gasteiger partial charge in [-0.25, -0.2) is 0 Å². The zero-order chi connectivity index (χ0) is 14.5. The molecule has 0 aliphatic heterocycles. The predicted molar refractivity (Wildman–Crippen MR) is 87.0 cm³/mol. The van der Waals surface area contributed by atoms with E-state index in [9.17, 15) is 0 Å². The maximum Gasteiger partial charge on any atom is 0.0320 e. The van der Waals surface area contributed by atoms with Crippen molar-refractivity contribution in [1.29, 1.82) is 0 Å². The normalized spacial score (nSPS) is 12.4. The Bertz CT molecular complexity index is 554. The van der Waals surface area contributed by atoms with Crippen molar-refractivity contribution >= 4 is 0 Å². The molecule has 0 aliphatic carbocycles. The molecule has 1 nitrogen and oxygen atoms in total. The molecule has 1 N–H and O–H groups in total. The minimum atomic E-state index is 0.428. The van der Waals surface area contributed by atoms with Gasteiger partial charge in [-0.3, -0.25) is 0 Å². The molecule has 0 amide bonds. The van der Waals surface area contributed by atoms with Crippen LogP contribution in [-0.4, -0.2) is 0 Å². The third kappa shape index (κ3) is 3.71. The predicted octanol–water partition coefficient (Wildman–Crippen LogP) is 4.85. The van der Waals surface area contributed by atoms with Gasteiger partial charge in [-0.15, -0.1) is 0 Å². The highest BCUT2D eigenvalue weighted by atomic mass is 14.9. The van der Waals surface area contributed by atoms with Crippen LogP contribution in [0.4, 0.5) is 0 Å². The monoisotopic (exact) mass is 267 g/mol. The zero-order valence-electron chi connectivity index (χ0n) is 13.0. The lowest BCUT2D eigenvalue weighted by Gasteiger charge is -2.18. The standard InChI is InChI=1S/C19H25N/c1-5-19(18-10-6-14(2)7-11-18)20-13-17-9-8-15(3)16(4)12-17/h6-12,19-20H,5,13H2,1-4H3. The molecule has 0 fully saturated rings. The third-order valence-electron chi connectivity index (χ3n) is 4.01. The van der Waals surface area contributed by atoms with E-state index in [4.69, 9.17) is 0 Å². The molecule has 2 rings (SSSR count). The molecule has 0 saturated carbocycles. The van der Waals surface area contributed by atoms with Crippen LogP contribution in [0.25, 0.3) is 0 Å². The van der Waals surface area contributed by atoms with E-state index in [1.807, 2.05) is 0 Å². The fourth-order valence-electron chi connectivity index (χ4n) is 2.45. The summed E-state index contributed by atoms with van der Waals surface area (Å²) >= 11 is 0. The first kappa shape index (κ1) is 14.8. The van der Waals surface area contributed by atoms with Crippen LogP contribution in [0.1, 0.15) is 47.2 Å². The molecule has 2 aromatic rings. The molecule has 0 radical (unpaired) electrons. The first-order valence-corrected chi connectivity index (χ1v) is 7.46. The van der Waals surface area contributed by atoms with Crippen molar-refractivity contribution in [3.63, 3.8) is 0 Å². The Kier molecular flexibility index (Phi) is 4.97. The Morgan fingerprint density at radius 1 is 0.900 bits per heavy atom. The first-order chi connectivity index (χ1) is 9.60. The van der Waals surface area contributed by atoms with Crippen LogP contribution in [-0.2, 0) is 6.54 Å². The van der Waals surface area contributed by atoms with E-state index in [2.05, 4.69) is 75.5 Å². The Labute approximate surface area is 123 Å².